The quantitative estimate of drug-likeness (QED) is 0.208. The summed E-state index contributed by atoms with van der Waals surface area (Å²) in [4.78, 5) is 11.0. The van der Waals surface area contributed by atoms with E-state index in [2.05, 4.69) is 6.92 Å². The zero-order valence-corrected chi connectivity index (χ0v) is 16.9. The molecule has 0 heterocycles. The van der Waals surface area contributed by atoms with E-state index < -0.39 is 5.97 Å². The van der Waals surface area contributed by atoms with Crippen LogP contribution in [0.25, 0.3) is 0 Å². The number of phenols is 1. The fourth-order valence-corrected chi connectivity index (χ4v) is 3.34. The summed E-state index contributed by atoms with van der Waals surface area (Å²) in [6.07, 6.45) is 18.2. The lowest BCUT2D eigenvalue weighted by Crippen LogP contribution is -2.02. The fraction of sp³-hybridized carbons (Fsp3) is 0.696. The Bertz CT molecular complexity index is 496. The van der Waals surface area contributed by atoms with Crippen molar-refractivity contribution in [3.8, 4) is 11.5 Å². The van der Waals surface area contributed by atoms with Crippen molar-refractivity contribution in [3.05, 3.63) is 23.8 Å². The molecule has 148 valence electrons. The second-order valence-electron chi connectivity index (χ2n) is 7.35. The first-order chi connectivity index (χ1) is 12.6. The van der Waals surface area contributed by atoms with Gasteiger partial charge in [-0.3, -0.25) is 4.79 Å². The van der Waals surface area contributed by atoms with Gasteiger partial charge in [0, 0.05) is 6.92 Å². The molecule has 0 bridgehead atoms. The Labute approximate surface area is 160 Å². The predicted octanol–water partition coefficient (Wildman–Crippen LogP) is 6.95. The monoisotopic (exact) mass is 362 g/mol. The van der Waals surface area contributed by atoms with Gasteiger partial charge in [-0.05, 0) is 24.5 Å². The normalized spacial score (nSPS) is 10.8. The minimum atomic E-state index is -0.404. The number of aryl methyl sites for hydroxylation is 1. The molecule has 0 aliphatic carbocycles. The van der Waals surface area contributed by atoms with Crippen molar-refractivity contribution in [1.82, 2.24) is 0 Å². The second-order valence-corrected chi connectivity index (χ2v) is 7.35. The van der Waals surface area contributed by atoms with Crippen molar-refractivity contribution in [1.29, 1.82) is 0 Å². The summed E-state index contributed by atoms with van der Waals surface area (Å²) < 4.78 is 5.02. The van der Waals surface area contributed by atoms with Crippen LogP contribution >= 0.6 is 0 Å². The molecular weight excluding hydrogens is 324 g/mol. The SMILES string of the molecule is CCCCCCCCCCCCCCCc1cccc(OC(C)=O)c1O. The van der Waals surface area contributed by atoms with Gasteiger partial charge in [0.05, 0.1) is 0 Å². The number of hydrogen-bond donors (Lipinski definition) is 1. The molecule has 3 heteroatoms. The summed E-state index contributed by atoms with van der Waals surface area (Å²) in [5, 5.41) is 10.2. The minimum Gasteiger partial charge on any atom is -0.504 e. The van der Waals surface area contributed by atoms with Crippen molar-refractivity contribution in [2.75, 3.05) is 0 Å². The average Bonchev–Trinajstić information content (AvgIpc) is 2.61. The molecule has 26 heavy (non-hydrogen) atoms. The molecule has 0 unspecified atom stereocenters. The Morgan fingerprint density at radius 2 is 1.35 bits per heavy atom. The first-order valence-corrected chi connectivity index (χ1v) is 10.6. The molecular formula is C23H38O3. The summed E-state index contributed by atoms with van der Waals surface area (Å²) in [5.74, 6) is -0.0234. The van der Waals surface area contributed by atoms with Crippen molar-refractivity contribution >= 4 is 5.97 Å². The lowest BCUT2D eigenvalue weighted by Gasteiger charge is -2.09. The third-order valence-corrected chi connectivity index (χ3v) is 4.89. The number of hydrogen-bond acceptors (Lipinski definition) is 3. The molecule has 0 aliphatic rings. The van der Waals surface area contributed by atoms with Crippen molar-refractivity contribution < 1.29 is 14.6 Å². The van der Waals surface area contributed by atoms with Crippen LogP contribution in [0.2, 0.25) is 0 Å². The van der Waals surface area contributed by atoms with Gasteiger partial charge in [0.25, 0.3) is 0 Å². The first-order valence-electron chi connectivity index (χ1n) is 10.6. The average molecular weight is 363 g/mol. The van der Waals surface area contributed by atoms with Gasteiger partial charge in [-0.1, -0.05) is 96.1 Å². The van der Waals surface area contributed by atoms with Crippen LogP contribution < -0.4 is 4.74 Å². The van der Waals surface area contributed by atoms with E-state index in [1.807, 2.05) is 12.1 Å². The van der Waals surface area contributed by atoms with E-state index in [1.54, 1.807) is 6.07 Å². The van der Waals surface area contributed by atoms with Gasteiger partial charge in [0.1, 0.15) is 0 Å². The van der Waals surface area contributed by atoms with E-state index in [-0.39, 0.29) is 11.5 Å². The Kier molecular flexibility index (Phi) is 12.7. The highest BCUT2D eigenvalue weighted by Crippen LogP contribution is 2.31. The van der Waals surface area contributed by atoms with Gasteiger partial charge in [0.2, 0.25) is 0 Å². The van der Waals surface area contributed by atoms with Crippen LogP contribution in [0.5, 0.6) is 11.5 Å². The number of aromatic hydroxyl groups is 1. The highest BCUT2D eigenvalue weighted by atomic mass is 16.5. The summed E-state index contributed by atoms with van der Waals surface area (Å²) in [7, 11) is 0. The largest absolute Gasteiger partial charge is 0.504 e. The van der Waals surface area contributed by atoms with Crippen LogP contribution in [0, 0.1) is 0 Å². The number of para-hydroxylation sites is 1. The molecule has 0 fully saturated rings. The molecule has 0 saturated carbocycles. The van der Waals surface area contributed by atoms with Crippen molar-refractivity contribution in [3.63, 3.8) is 0 Å². The van der Waals surface area contributed by atoms with Crippen LogP contribution in [-0.4, -0.2) is 11.1 Å². The number of carbonyl (C=O) groups is 1. The van der Waals surface area contributed by atoms with Crippen LogP contribution in [0.1, 0.15) is 103 Å². The molecule has 0 aromatic heterocycles. The van der Waals surface area contributed by atoms with Crippen molar-refractivity contribution in [2.45, 2.75) is 104 Å². The highest BCUT2D eigenvalue weighted by molar-refractivity contribution is 5.70. The zero-order chi connectivity index (χ0) is 19.0. The van der Waals surface area contributed by atoms with E-state index in [4.69, 9.17) is 4.74 Å². The van der Waals surface area contributed by atoms with Crippen LogP contribution in [-0.2, 0) is 11.2 Å². The molecule has 0 spiro atoms. The standard InChI is InChI=1S/C23H38O3/c1-3-4-5-6-7-8-9-10-11-12-13-14-15-17-21-18-16-19-22(23(21)25)26-20(2)24/h16,18-19,25H,3-15,17H2,1-2H3. The number of unbranched alkanes of at least 4 members (excludes halogenated alkanes) is 12. The Morgan fingerprint density at radius 3 is 1.85 bits per heavy atom. The van der Waals surface area contributed by atoms with Gasteiger partial charge in [-0.15, -0.1) is 0 Å². The van der Waals surface area contributed by atoms with Gasteiger partial charge in [0.15, 0.2) is 11.5 Å². The maximum absolute atomic E-state index is 11.0. The maximum atomic E-state index is 11.0. The van der Waals surface area contributed by atoms with Crippen LogP contribution in [0.4, 0.5) is 0 Å². The fourth-order valence-electron chi connectivity index (χ4n) is 3.34. The van der Waals surface area contributed by atoms with E-state index >= 15 is 0 Å². The van der Waals surface area contributed by atoms with Crippen molar-refractivity contribution in [2.24, 2.45) is 0 Å². The molecule has 0 saturated heterocycles. The summed E-state index contributed by atoms with van der Waals surface area (Å²) >= 11 is 0. The van der Waals surface area contributed by atoms with Gasteiger partial charge >= 0.3 is 5.97 Å². The summed E-state index contributed by atoms with van der Waals surface area (Å²) in [6.45, 7) is 3.61. The Morgan fingerprint density at radius 1 is 0.846 bits per heavy atom. The van der Waals surface area contributed by atoms with Crippen LogP contribution in [0.3, 0.4) is 0 Å². The molecule has 1 N–H and O–H groups in total. The first kappa shape index (κ1) is 22.5. The molecule has 1 rings (SSSR count). The minimum absolute atomic E-state index is 0.113. The van der Waals surface area contributed by atoms with E-state index in [9.17, 15) is 9.90 Å². The number of carbonyl (C=O) groups excluding carboxylic acids is 1. The highest BCUT2D eigenvalue weighted by Gasteiger charge is 2.09. The zero-order valence-electron chi connectivity index (χ0n) is 16.9. The topological polar surface area (TPSA) is 46.5 Å². The summed E-state index contributed by atoms with van der Waals surface area (Å²) in [6, 6.07) is 5.36. The van der Waals surface area contributed by atoms with E-state index in [1.165, 1.54) is 84.0 Å². The number of phenolic OH excluding ortho intramolecular Hbond substituents is 1. The molecule has 1 aromatic carbocycles. The third kappa shape index (κ3) is 10.5. The predicted molar refractivity (Wildman–Crippen MR) is 109 cm³/mol. The van der Waals surface area contributed by atoms with Gasteiger partial charge < -0.3 is 9.84 Å². The van der Waals surface area contributed by atoms with E-state index in [0.29, 0.717) is 0 Å². The molecule has 1 aromatic rings. The number of rotatable bonds is 15. The Hall–Kier alpha value is -1.51. The lowest BCUT2D eigenvalue weighted by atomic mass is 10.0. The second kappa shape index (κ2) is 14.6. The molecule has 0 aliphatic heterocycles. The molecule has 0 atom stereocenters. The molecule has 0 amide bonds. The number of ether oxygens (including phenoxy) is 1. The summed E-state index contributed by atoms with van der Waals surface area (Å²) in [5.41, 5.74) is 0.867. The Balaban J connectivity index is 2.02. The van der Waals surface area contributed by atoms with Gasteiger partial charge in [-0.2, -0.15) is 0 Å². The number of esters is 1. The molecule has 0 radical (unpaired) electrons. The smallest absolute Gasteiger partial charge is 0.308 e. The third-order valence-electron chi connectivity index (χ3n) is 4.89. The van der Waals surface area contributed by atoms with Crippen LogP contribution in [0.15, 0.2) is 18.2 Å². The maximum Gasteiger partial charge on any atom is 0.308 e. The number of benzene rings is 1. The van der Waals surface area contributed by atoms with Gasteiger partial charge in [-0.25, -0.2) is 0 Å². The van der Waals surface area contributed by atoms with E-state index in [0.717, 1.165) is 18.4 Å². The molecule has 3 nitrogen and oxygen atoms in total. The lowest BCUT2D eigenvalue weighted by molar-refractivity contribution is -0.132.